The molecule has 0 radical (unpaired) electrons. The molecule has 0 saturated heterocycles. The molecule has 22 heavy (non-hydrogen) atoms. The Labute approximate surface area is 134 Å². The van der Waals surface area contributed by atoms with Crippen LogP contribution in [0.3, 0.4) is 0 Å². The zero-order chi connectivity index (χ0) is 15.9. The second-order valence-electron chi connectivity index (χ2n) is 7.02. The maximum atomic E-state index is 13.0. The van der Waals surface area contributed by atoms with Crippen molar-refractivity contribution < 1.29 is 14.3 Å². The maximum absolute atomic E-state index is 13.0. The average Bonchev–Trinajstić information content (AvgIpc) is 2.56. The fourth-order valence-electron chi connectivity index (χ4n) is 4.10. The summed E-state index contributed by atoms with van der Waals surface area (Å²) in [4.78, 5) is 26.6. The lowest BCUT2D eigenvalue weighted by Crippen LogP contribution is -2.48. The molecule has 0 heterocycles. The molecule has 4 heteroatoms. The van der Waals surface area contributed by atoms with Gasteiger partial charge in [0.25, 0.3) is 0 Å². The normalized spacial score (nSPS) is 26.5. The van der Waals surface area contributed by atoms with Crippen LogP contribution in [0, 0.1) is 11.8 Å². The minimum atomic E-state index is -0.218. The number of rotatable bonds is 5. The van der Waals surface area contributed by atoms with Crippen molar-refractivity contribution in [2.45, 2.75) is 77.2 Å². The van der Waals surface area contributed by atoms with Crippen LogP contribution in [-0.2, 0) is 14.3 Å². The third-order valence-corrected chi connectivity index (χ3v) is 5.49. The first kappa shape index (κ1) is 17.3. The van der Waals surface area contributed by atoms with Gasteiger partial charge in [-0.1, -0.05) is 39.0 Å². The van der Waals surface area contributed by atoms with E-state index in [1.54, 1.807) is 0 Å². The molecule has 0 bridgehead atoms. The highest BCUT2D eigenvalue weighted by Gasteiger charge is 2.34. The SMILES string of the molecule is COC(=O)CCN(C(=O)C1CCCCC1)C1CCCCC1C. The van der Waals surface area contributed by atoms with Gasteiger partial charge in [0.05, 0.1) is 13.5 Å². The highest BCUT2D eigenvalue weighted by molar-refractivity contribution is 5.80. The molecule has 2 aliphatic carbocycles. The van der Waals surface area contributed by atoms with Crippen LogP contribution in [0.5, 0.6) is 0 Å². The van der Waals surface area contributed by atoms with Crippen molar-refractivity contribution in [2.24, 2.45) is 11.8 Å². The summed E-state index contributed by atoms with van der Waals surface area (Å²) in [7, 11) is 1.42. The summed E-state index contributed by atoms with van der Waals surface area (Å²) < 4.78 is 4.76. The van der Waals surface area contributed by atoms with Crippen molar-refractivity contribution in [3.05, 3.63) is 0 Å². The molecule has 2 aliphatic rings. The van der Waals surface area contributed by atoms with Gasteiger partial charge >= 0.3 is 5.97 Å². The number of nitrogens with zero attached hydrogens (tertiary/aromatic N) is 1. The van der Waals surface area contributed by atoms with Crippen LogP contribution in [0.2, 0.25) is 0 Å². The first-order valence-corrected chi connectivity index (χ1v) is 9.00. The van der Waals surface area contributed by atoms with Gasteiger partial charge in [0.15, 0.2) is 0 Å². The van der Waals surface area contributed by atoms with E-state index in [9.17, 15) is 9.59 Å². The monoisotopic (exact) mass is 309 g/mol. The Hall–Kier alpha value is -1.06. The number of carbonyl (C=O) groups excluding carboxylic acids is 2. The lowest BCUT2D eigenvalue weighted by atomic mass is 9.82. The van der Waals surface area contributed by atoms with Crippen molar-refractivity contribution in [1.82, 2.24) is 4.90 Å². The fourth-order valence-corrected chi connectivity index (χ4v) is 4.10. The van der Waals surface area contributed by atoms with Gasteiger partial charge < -0.3 is 9.64 Å². The molecule has 2 unspecified atom stereocenters. The molecule has 2 rings (SSSR count). The molecule has 0 N–H and O–H groups in total. The van der Waals surface area contributed by atoms with Crippen molar-refractivity contribution >= 4 is 11.9 Å². The molecule has 0 aromatic heterocycles. The molecule has 1 amide bonds. The van der Waals surface area contributed by atoms with Gasteiger partial charge in [-0.15, -0.1) is 0 Å². The van der Waals surface area contributed by atoms with E-state index < -0.39 is 0 Å². The fraction of sp³-hybridized carbons (Fsp3) is 0.889. The zero-order valence-electron chi connectivity index (χ0n) is 14.2. The van der Waals surface area contributed by atoms with Crippen LogP contribution >= 0.6 is 0 Å². The van der Waals surface area contributed by atoms with E-state index in [1.165, 1.54) is 45.6 Å². The average molecular weight is 309 g/mol. The smallest absolute Gasteiger partial charge is 0.307 e. The van der Waals surface area contributed by atoms with Gasteiger partial charge in [-0.25, -0.2) is 0 Å². The van der Waals surface area contributed by atoms with Gasteiger partial charge in [0.1, 0.15) is 0 Å². The molecule has 2 saturated carbocycles. The zero-order valence-corrected chi connectivity index (χ0v) is 14.2. The predicted molar refractivity (Wildman–Crippen MR) is 86.3 cm³/mol. The highest BCUT2D eigenvalue weighted by atomic mass is 16.5. The van der Waals surface area contributed by atoms with Crippen molar-refractivity contribution in [3.63, 3.8) is 0 Å². The molecular weight excluding hydrogens is 278 g/mol. The summed E-state index contributed by atoms with van der Waals surface area (Å²) in [6.07, 6.45) is 10.7. The molecule has 2 atom stereocenters. The molecule has 126 valence electrons. The minimum Gasteiger partial charge on any atom is -0.469 e. The topological polar surface area (TPSA) is 46.6 Å². The summed E-state index contributed by atoms with van der Waals surface area (Å²) in [5.74, 6) is 0.798. The number of amides is 1. The van der Waals surface area contributed by atoms with Crippen LogP contribution in [0.15, 0.2) is 0 Å². The first-order valence-electron chi connectivity index (χ1n) is 9.00. The minimum absolute atomic E-state index is 0.181. The molecule has 0 aromatic carbocycles. The van der Waals surface area contributed by atoms with Crippen LogP contribution in [-0.4, -0.2) is 36.5 Å². The maximum Gasteiger partial charge on any atom is 0.307 e. The van der Waals surface area contributed by atoms with Gasteiger partial charge in [0.2, 0.25) is 5.91 Å². The largest absolute Gasteiger partial charge is 0.469 e. The Kier molecular flexibility index (Phi) is 6.71. The van der Waals surface area contributed by atoms with Crippen LogP contribution in [0.4, 0.5) is 0 Å². The number of hydrogen-bond donors (Lipinski definition) is 0. The quantitative estimate of drug-likeness (QED) is 0.730. The number of hydrogen-bond acceptors (Lipinski definition) is 3. The number of carbonyl (C=O) groups is 2. The summed E-state index contributed by atoms with van der Waals surface area (Å²) in [6.45, 7) is 2.78. The van der Waals surface area contributed by atoms with Gasteiger partial charge in [-0.05, 0) is 31.6 Å². The van der Waals surface area contributed by atoms with E-state index in [4.69, 9.17) is 4.74 Å². The molecular formula is C18H31NO3. The molecule has 4 nitrogen and oxygen atoms in total. The Morgan fingerprint density at radius 1 is 1.00 bits per heavy atom. The van der Waals surface area contributed by atoms with E-state index in [2.05, 4.69) is 6.92 Å². The predicted octanol–water partition coefficient (Wildman–Crippen LogP) is 3.54. The van der Waals surface area contributed by atoms with Crippen LogP contribution in [0.25, 0.3) is 0 Å². The van der Waals surface area contributed by atoms with Gasteiger partial charge in [-0.3, -0.25) is 9.59 Å². The summed E-state index contributed by atoms with van der Waals surface area (Å²) >= 11 is 0. The van der Waals surface area contributed by atoms with E-state index in [1.807, 2.05) is 4.90 Å². The number of esters is 1. The van der Waals surface area contributed by atoms with Crippen molar-refractivity contribution in [1.29, 1.82) is 0 Å². The van der Waals surface area contributed by atoms with Crippen molar-refractivity contribution in [3.8, 4) is 0 Å². The Morgan fingerprint density at radius 3 is 2.27 bits per heavy atom. The Balaban J connectivity index is 2.05. The highest BCUT2D eigenvalue weighted by Crippen LogP contribution is 2.32. The van der Waals surface area contributed by atoms with Crippen molar-refractivity contribution in [2.75, 3.05) is 13.7 Å². The third-order valence-electron chi connectivity index (χ3n) is 5.49. The van der Waals surface area contributed by atoms with Gasteiger partial charge in [-0.2, -0.15) is 0 Å². The Morgan fingerprint density at radius 2 is 1.64 bits per heavy atom. The summed E-state index contributed by atoms with van der Waals surface area (Å²) in [6, 6.07) is 0.313. The third kappa shape index (κ3) is 4.47. The molecule has 2 fully saturated rings. The lowest BCUT2D eigenvalue weighted by molar-refractivity contribution is -0.145. The van der Waals surface area contributed by atoms with E-state index in [0.717, 1.165) is 19.3 Å². The molecule has 0 aliphatic heterocycles. The first-order chi connectivity index (χ1) is 10.6. The second-order valence-corrected chi connectivity index (χ2v) is 7.02. The lowest BCUT2D eigenvalue weighted by Gasteiger charge is -2.40. The van der Waals surface area contributed by atoms with E-state index >= 15 is 0 Å². The van der Waals surface area contributed by atoms with E-state index in [0.29, 0.717) is 30.8 Å². The molecule has 0 spiro atoms. The summed E-state index contributed by atoms with van der Waals surface area (Å²) in [5.41, 5.74) is 0. The number of methoxy groups -OCH3 is 1. The Bertz CT molecular complexity index is 377. The second kappa shape index (κ2) is 8.54. The van der Waals surface area contributed by atoms with Crippen LogP contribution in [0.1, 0.15) is 71.1 Å². The summed E-state index contributed by atoms with van der Waals surface area (Å²) in [5, 5.41) is 0. The number of ether oxygens (including phenoxy) is 1. The standard InChI is InChI=1S/C18H31NO3/c1-14-8-6-7-11-16(14)19(13-12-17(20)22-2)18(21)15-9-4-3-5-10-15/h14-16H,3-13H2,1-2H3. The van der Waals surface area contributed by atoms with Crippen LogP contribution < -0.4 is 0 Å². The van der Waals surface area contributed by atoms with E-state index in [-0.39, 0.29) is 11.9 Å². The van der Waals surface area contributed by atoms with Gasteiger partial charge in [0, 0.05) is 18.5 Å². The molecule has 0 aromatic rings.